The molecule has 0 saturated carbocycles. The Morgan fingerprint density at radius 1 is 1.26 bits per heavy atom. The van der Waals surface area contributed by atoms with Crippen LogP contribution >= 0.6 is 15.9 Å². The first-order valence-corrected chi connectivity index (χ1v) is 6.91. The van der Waals surface area contributed by atoms with Crippen LogP contribution in [0.5, 0.6) is 11.6 Å². The molecule has 2 aromatic rings. The normalized spacial score (nSPS) is 10.3. The molecule has 4 nitrogen and oxygen atoms in total. The first kappa shape index (κ1) is 13.8. The minimum absolute atomic E-state index is 0.509. The van der Waals surface area contributed by atoms with Crippen molar-refractivity contribution < 1.29 is 4.74 Å². The minimum Gasteiger partial charge on any atom is -0.438 e. The molecule has 19 heavy (non-hydrogen) atoms. The lowest BCUT2D eigenvalue weighted by Gasteiger charge is -2.09. The van der Waals surface area contributed by atoms with Crippen LogP contribution in [0.15, 0.2) is 28.9 Å². The Kier molecular flexibility index (Phi) is 4.37. The Balaban J connectivity index is 2.26. The number of aryl methyl sites for hydroxylation is 2. The van der Waals surface area contributed by atoms with E-state index in [1.54, 1.807) is 6.20 Å². The van der Waals surface area contributed by atoms with Crippen LogP contribution in [0, 0.1) is 13.8 Å². The molecule has 0 bridgehead atoms. The Morgan fingerprint density at radius 3 is 2.74 bits per heavy atom. The van der Waals surface area contributed by atoms with E-state index in [9.17, 15) is 0 Å². The van der Waals surface area contributed by atoms with Crippen LogP contribution in [0.25, 0.3) is 0 Å². The predicted octanol–water partition coefficient (Wildman–Crippen LogP) is 4.08. The van der Waals surface area contributed by atoms with Crippen LogP contribution in [0.3, 0.4) is 0 Å². The number of anilines is 1. The van der Waals surface area contributed by atoms with E-state index in [4.69, 9.17) is 4.74 Å². The van der Waals surface area contributed by atoms with Crippen LogP contribution in [0.2, 0.25) is 0 Å². The second kappa shape index (κ2) is 6.02. The molecule has 0 fully saturated rings. The van der Waals surface area contributed by atoms with E-state index in [-0.39, 0.29) is 0 Å². The minimum atomic E-state index is 0.509. The van der Waals surface area contributed by atoms with Crippen LogP contribution in [0.4, 0.5) is 5.95 Å². The second-order valence-corrected chi connectivity index (χ2v) is 5.08. The molecule has 2 rings (SSSR count). The highest BCUT2D eigenvalue weighted by molar-refractivity contribution is 9.10. The fourth-order valence-electron chi connectivity index (χ4n) is 1.56. The summed E-state index contributed by atoms with van der Waals surface area (Å²) in [5.41, 5.74) is 2.43. The molecule has 0 aliphatic rings. The molecule has 0 aliphatic carbocycles. The zero-order valence-electron chi connectivity index (χ0n) is 11.2. The number of hydrogen-bond acceptors (Lipinski definition) is 4. The molecule has 0 radical (unpaired) electrons. The van der Waals surface area contributed by atoms with Crippen molar-refractivity contribution in [1.29, 1.82) is 0 Å². The van der Waals surface area contributed by atoms with E-state index in [0.717, 1.165) is 16.8 Å². The summed E-state index contributed by atoms with van der Waals surface area (Å²) in [7, 11) is 0. The Bertz CT molecular complexity index is 587. The number of halogens is 1. The van der Waals surface area contributed by atoms with Gasteiger partial charge in [-0.25, -0.2) is 4.98 Å². The number of nitrogens with one attached hydrogen (secondary N) is 1. The topological polar surface area (TPSA) is 47.0 Å². The van der Waals surface area contributed by atoms with Crippen molar-refractivity contribution in [3.63, 3.8) is 0 Å². The van der Waals surface area contributed by atoms with Crippen LogP contribution in [0.1, 0.15) is 18.1 Å². The van der Waals surface area contributed by atoms with Gasteiger partial charge in [-0.15, -0.1) is 0 Å². The molecular weight excluding hydrogens is 306 g/mol. The standard InChI is InChI=1S/C14H16BrN3O/c1-4-16-14-17-8-12(15)13(18-14)19-11-6-5-9(2)10(3)7-11/h5-8H,4H2,1-3H3,(H,16,17,18). The fraction of sp³-hybridized carbons (Fsp3) is 0.286. The lowest BCUT2D eigenvalue weighted by Crippen LogP contribution is -2.03. The zero-order chi connectivity index (χ0) is 13.8. The zero-order valence-corrected chi connectivity index (χ0v) is 12.8. The average molecular weight is 322 g/mol. The largest absolute Gasteiger partial charge is 0.438 e. The summed E-state index contributed by atoms with van der Waals surface area (Å²) in [4.78, 5) is 8.47. The molecule has 0 aliphatic heterocycles. The number of nitrogens with zero attached hydrogens (tertiary/aromatic N) is 2. The smallest absolute Gasteiger partial charge is 0.238 e. The quantitative estimate of drug-likeness (QED) is 0.921. The van der Waals surface area contributed by atoms with Crippen LogP contribution in [-0.4, -0.2) is 16.5 Å². The van der Waals surface area contributed by atoms with Crippen molar-refractivity contribution in [3.05, 3.63) is 40.0 Å². The fourth-order valence-corrected chi connectivity index (χ4v) is 1.83. The summed E-state index contributed by atoms with van der Waals surface area (Å²) in [5.74, 6) is 1.84. The van der Waals surface area contributed by atoms with Gasteiger partial charge in [-0.2, -0.15) is 4.98 Å². The Hall–Kier alpha value is -1.62. The number of hydrogen-bond donors (Lipinski definition) is 1. The van der Waals surface area contributed by atoms with Gasteiger partial charge in [0.1, 0.15) is 5.75 Å². The molecule has 1 aromatic heterocycles. The van der Waals surface area contributed by atoms with Gasteiger partial charge in [-0.1, -0.05) is 6.07 Å². The number of aromatic nitrogens is 2. The van der Waals surface area contributed by atoms with E-state index in [0.29, 0.717) is 11.8 Å². The third-order valence-electron chi connectivity index (χ3n) is 2.74. The second-order valence-electron chi connectivity index (χ2n) is 4.23. The molecule has 0 amide bonds. The van der Waals surface area contributed by atoms with Crippen LogP contribution in [-0.2, 0) is 0 Å². The molecule has 0 spiro atoms. The maximum absolute atomic E-state index is 5.79. The highest BCUT2D eigenvalue weighted by Crippen LogP contribution is 2.28. The van der Waals surface area contributed by atoms with Gasteiger partial charge >= 0.3 is 0 Å². The van der Waals surface area contributed by atoms with Gasteiger partial charge in [0, 0.05) is 6.54 Å². The van der Waals surface area contributed by atoms with E-state index >= 15 is 0 Å². The average Bonchev–Trinajstić information content (AvgIpc) is 2.38. The lowest BCUT2D eigenvalue weighted by atomic mass is 10.1. The van der Waals surface area contributed by atoms with Crippen molar-refractivity contribution in [2.45, 2.75) is 20.8 Å². The predicted molar refractivity (Wildman–Crippen MR) is 79.9 cm³/mol. The van der Waals surface area contributed by atoms with Gasteiger partial charge in [0.05, 0.1) is 10.7 Å². The van der Waals surface area contributed by atoms with Crippen molar-refractivity contribution in [1.82, 2.24) is 9.97 Å². The lowest BCUT2D eigenvalue weighted by molar-refractivity contribution is 0.458. The van der Waals surface area contributed by atoms with Crippen molar-refractivity contribution in [2.24, 2.45) is 0 Å². The van der Waals surface area contributed by atoms with Crippen molar-refractivity contribution in [3.8, 4) is 11.6 Å². The molecular formula is C14H16BrN3O. The van der Waals surface area contributed by atoms with Crippen molar-refractivity contribution >= 4 is 21.9 Å². The Labute approximate surface area is 121 Å². The van der Waals surface area contributed by atoms with Gasteiger partial charge in [0.2, 0.25) is 11.8 Å². The van der Waals surface area contributed by atoms with Gasteiger partial charge in [0.15, 0.2) is 0 Å². The molecule has 1 aromatic carbocycles. The SMILES string of the molecule is CCNc1ncc(Br)c(Oc2ccc(C)c(C)c2)n1. The molecule has 1 heterocycles. The highest BCUT2D eigenvalue weighted by Gasteiger charge is 2.08. The number of ether oxygens (including phenoxy) is 1. The van der Waals surface area contributed by atoms with E-state index in [1.165, 1.54) is 11.1 Å². The maximum Gasteiger partial charge on any atom is 0.238 e. The first-order chi connectivity index (χ1) is 9.10. The van der Waals surface area contributed by atoms with E-state index in [2.05, 4.69) is 45.1 Å². The van der Waals surface area contributed by atoms with Gasteiger partial charge < -0.3 is 10.1 Å². The number of benzene rings is 1. The summed E-state index contributed by atoms with van der Waals surface area (Å²) in [6.45, 7) is 6.89. The summed E-state index contributed by atoms with van der Waals surface area (Å²) >= 11 is 3.39. The molecule has 1 N–H and O–H groups in total. The van der Waals surface area contributed by atoms with Crippen molar-refractivity contribution in [2.75, 3.05) is 11.9 Å². The molecule has 0 atom stereocenters. The van der Waals surface area contributed by atoms with Gasteiger partial charge in [0.25, 0.3) is 0 Å². The highest BCUT2D eigenvalue weighted by atomic mass is 79.9. The van der Waals surface area contributed by atoms with Crippen LogP contribution < -0.4 is 10.1 Å². The summed E-state index contributed by atoms with van der Waals surface area (Å²) in [5, 5.41) is 3.06. The molecule has 0 saturated heterocycles. The summed E-state index contributed by atoms with van der Waals surface area (Å²) < 4.78 is 6.52. The van der Waals surface area contributed by atoms with Gasteiger partial charge in [-0.3, -0.25) is 0 Å². The maximum atomic E-state index is 5.79. The third-order valence-corrected chi connectivity index (χ3v) is 3.28. The molecule has 5 heteroatoms. The summed E-state index contributed by atoms with van der Waals surface area (Å²) in [6, 6.07) is 5.96. The first-order valence-electron chi connectivity index (χ1n) is 6.11. The monoisotopic (exact) mass is 321 g/mol. The van der Waals surface area contributed by atoms with E-state index in [1.807, 2.05) is 25.1 Å². The number of rotatable bonds is 4. The van der Waals surface area contributed by atoms with E-state index < -0.39 is 0 Å². The third kappa shape index (κ3) is 3.44. The van der Waals surface area contributed by atoms with Gasteiger partial charge in [-0.05, 0) is 60.0 Å². The summed E-state index contributed by atoms with van der Waals surface area (Å²) in [6.07, 6.45) is 1.68. The molecule has 100 valence electrons. The molecule has 0 unspecified atom stereocenters. The Morgan fingerprint density at radius 2 is 2.05 bits per heavy atom.